The van der Waals surface area contributed by atoms with Crippen LogP contribution in [0.3, 0.4) is 0 Å². The monoisotopic (exact) mass is 239 g/mol. The molecule has 2 atom stereocenters. The molecule has 2 rings (SSSR count). The second-order valence-electron chi connectivity index (χ2n) is 3.95. The summed E-state index contributed by atoms with van der Waals surface area (Å²) in [6.07, 6.45) is 0. The zero-order valence-corrected chi connectivity index (χ0v) is 10.6. The molecule has 1 aliphatic rings. The van der Waals surface area contributed by atoms with Crippen molar-refractivity contribution in [3.05, 3.63) is 23.3 Å². The van der Waals surface area contributed by atoms with Crippen LogP contribution in [-0.2, 0) is 5.75 Å². The molecule has 1 aromatic rings. The Morgan fingerprint density at radius 2 is 1.88 bits per heavy atom. The third-order valence-electron chi connectivity index (χ3n) is 3.01. The first kappa shape index (κ1) is 11.6. The fraction of sp³-hybridized carbons (Fsp3) is 0.500. The molecular formula is C12H17NO2S. The van der Waals surface area contributed by atoms with E-state index in [1.807, 2.05) is 23.9 Å². The molecule has 1 heterocycles. The molecular weight excluding hydrogens is 222 g/mol. The molecule has 1 aromatic carbocycles. The van der Waals surface area contributed by atoms with Crippen LogP contribution in [-0.4, -0.2) is 19.5 Å². The Balaban J connectivity index is 2.48. The predicted molar refractivity (Wildman–Crippen MR) is 67.2 cm³/mol. The van der Waals surface area contributed by atoms with Crippen molar-refractivity contribution >= 4 is 11.8 Å². The molecule has 16 heavy (non-hydrogen) atoms. The lowest BCUT2D eigenvalue weighted by molar-refractivity contribution is 0.353. The van der Waals surface area contributed by atoms with E-state index in [0.29, 0.717) is 5.25 Å². The Bertz CT molecular complexity index is 395. The van der Waals surface area contributed by atoms with Crippen LogP contribution < -0.4 is 15.2 Å². The van der Waals surface area contributed by atoms with Gasteiger partial charge in [0.1, 0.15) is 0 Å². The van der Waals surface area contributed by atoms with Gasteiger partial charge < -0.3 is 15.2 Å². The molecule has 0 radical (unpaired) electrons. The zero-order valence-electron chi connectivity index (χ0n) is 9.82. The molecule has 4 heteroatoms. The van der Waals surface area contributed by atoms with Crippen molar-refractivity contribution in [1.82, 2.24) is 0 Å². The third kappa shape index (κ3) is 1.87. The number of methoxy groups -OCH3 is 2. The zero-order chi connectivity index (χ0) is 11.7. The van der Waals surface area contributed by atoms with Crippen LogP contribution in [0.1, 0.15) is 24.1 Å². The van der Waals surface area contributed by atoms with Gasteiger partial charge in [0.05, 0.1) is 14.2 Å². The molecule has 3 nitrogen and oxygen atoms in total. The first-order valence-electron chi connectivity index (χ1n) is 5.29. The Labute approximate surface area is 100 Å². The molecule has 1 aliphatic heterocycles. The first-order chi connectivity index (χ1) is 7.67. The molecule has 0 saturated heterocycles. The molecule has 0 aromatic heterocycles. The normalized spacial score (nSPS) is 23.8. The van der Waals surface area contributed by atoms with Crippen LogP contribution in [0, 0.1) is 0 Å². The maximum Gasteiger partial charge on any atom is 0.161 e. The molecule has 0 fully saturated rings. The van der Waals surface area contributed by atoms with Crippen molar-refractivity contribution in [2.24, 2.45) is 5.73 Å². The topological polar surface area (TPSA) is 44.5 Å². The Hall–Kier alpha value is -0.870. The van der Waals surface area contributed by atoms with Gasteiger partial charge in [-0.25, -0.2) is 0 Å². The van der Waals surface area contributed by atoms with Crippen LogP contribution in [0.5, 0.6) is 11.5 Å². The van der Waals surface area contributed by atoms with Gasteiger partial charge in [0.25, 0.3) is 0 Å². The number of fused-ring (bicyclic) bond motifs is 1. The predicted octanol–water partition coefficient (Wildman–Crippen LogP) is 2.34. The summed E-state index contributed by atoms with van der Waals surface area (Å²) in [7, 11) is 3.31. The fourth-order valence-corrected chi connectivity index (χ4v) is 3.00. The highest BCUT2D eigenvalue weighted by Crippen LogP contribution is 2.41. The lowest BCUT2D eigenvalue weighted by Gasteiger charge is -2.28. The smallest absolute Gasteiger partial charge is 0.161 e. The van der Waals surface area contributed by atoms with E-state index >= 15 is 0 Å². The van der Waals surface area contributed by atoms with Crippen LogP contribution in [0.25, 0.3) is 0 Å². The minimum atomic E-state index is 0.0774. The van der Waals surface area contributed by atoms with Crippen molar-refractivity contribution in [3.8, 4) is 11.5 Å². The van der Waals surface area contributed by atoms with E-state index in [4.69, 9.17) is 15.2 Å². The summed E-state index contributed by atoms with van der Waals surface area (Å²) < 4.78 is 10.6. The van der Waals surface area contributed by atoms with E-state index in [0.717, 1.165) is 17.3 Å². The number of benzene rings is 1. The Morgan fingerprint density at radius 3 is 2.50 bits per heavy atom. The average molecular weight is 239 g/mol. The number of thioether (sulfide) groups is 1. The van der Waals surface area contributed by atoms with Gasteiger partial charge in [-0.15, -0.1) is 0 Å². The molecule has 88 valence electrons. The summed E-state index contributed by atoms with van der Waals surface area (Å²) in [5, 5.41) is 0.450. The SMILES string of the molecule is COc1cc2c(cc1OC)C(N)C(C)SC2. The van der Waals surface area contributed by atoms with E-state index in [1.54, 1.807) is 14.2 Å². The average Bonchev–Trinajstić information content (AvgIpc) is 2.32. The maximum atomic E-state index is 6.19. The van der Waals surface area contributed by atoms with Crippen LogP contribution in [0.4, 0.5) is 0 Å². The van der Waals surface area contributed by atoms with Gasteiger partial charge in [0.2, 0.25) is 0 Å². The number of hydrogen-bond donors (Lipinski definition) is 1. The Morgan fingerprint density at radius 1 is 1.25 bits per heavy atom. The first-order valence-corrected chi connectivity index (χ1v) is 6.34. The lowest BCUT2D eigenvalue weighted by atomic mass is 9.98. The van der Waals surface area contributed by atoms with Crippen molar-refractivity contribution in [2.75, 3.05) is 14.2 Å². The van der Waals surface area contributed by atoms with E-state index < -0.39 is 0 Å². The standard InChI is InChI=1S/C12H17NO2S/c1-7-12(13)9-5-11(15-3)10(14-2)4-8(9)6-16-7/h4-5,7,12H,6,13H2,1-3H3. The third-order valence-corrected chi connectivity index (χ3v) is 4.31. The highest BCUT2D eigenvalue weighted by atomic mass is 32.2. The van der Waals surface area contributed by atoms with Gasteiger partial charge in [0.15, 0.2) is 11.5 Å². The van der Waals surface area contributed by atoms with Gasteiger partial charge in [0, 0.05) is 17.0 Å². The number of nitrogens with two attached hydrogens (primary N) is 1. The summed E-state index contributed by atoms with van der Waals surface area (Å²) in [5.74, 6) is 2.53. The van der Waals surface area contributed by atoms with Crippen LogP contribution in [0.15, 0.2) is 12.1 Å². The fourth-order valence-electron chi connectivity index (χ4n) is 1.95. The minimum Gasteiger partial charge on any atom is -0.493 e. The van der Waals surface area contributed by atoms with Crippen molar-refractivity contribution in [2.45, 2.75) is 24.0 Å². The van der Waals surface area contributed by atoms with E-state index in [2.05, 4.69) is 6.92 Å². The van der Waals surface area contributed by atoms with E-state index in [9.17, 15) is 0 Å². The molecule has 0 aliphatic carbocycles. The number of hydrogen-bond acceptors (Lipinski definition) is 4. The minimum absolute atomic E-state index is 0.0774. The highest BCUT2D eigenvalue weighted by molar-refractivity contribution is 7.99. The summed E-state index contributed by atoms with van der Waals surface area (Å²) in [4.78, 5) is 0. The molecule has 0 amide bonds. The summed E-state index contributed by atoms with van der Waals surface area (Å²) in [6, 6.07) is 4.12. The Kier molecular flexibility index (Phi) is 3.30. The molecule has 0 bridgehead atoms. The molecule has 2 N–H and O–H groups in total. The second kappa shape index (κ2) is 4.55. The van der Waals surface area contributed by atoms with Crippen molar-refractivity contribution < 1.29 is 9.47 Å². The summed E-state index contributed by atoms with van der Waals surface area (Å²) in [5.41, 5.74) is 8.63. The number of ether oxygens (including phenoxy) is 2. The van der Waals surface area contributed by atoms with E-state index in [-0.39, 0.29) is 6.04 Å². The van der Waals surface area contributed by atoms with Gasteiger partial charge >= 0.3 is 0 Å². The molecule has 0 saturated carbocycles. The summed E-state index contributed by atoms with van der Waals surface area (Å²) in [6.45, 7) is 2.16. The number of rotatable bonds is 2. The quantitative estimate of drug-likeness (QED) is 0.860. The molecule has 2 unspecified atom stereocenters. The largest absolute Gasteiger partial charge is 0.493 e. The summed E-state index contributed by atoms with van der Waals surface area (Å²) >= 11 is 1.88. The van der Waals surface area contributed by atoms with Gasteiger partial charge in [-0.05, 0) is 23.3 Å². The van der Waals surface area contributed by atoms with E-state index in [1.165, 1.54) is 11.1 Å². The van der Waals surface area contributed by atoms with Gasteiger partial charge in [-0.1, -0.05) is 6.92 Å². The van der Waals surface area contributed by atoms with Gasteiger partial charge in [-0.3, -0.25) is 0 Å². The second-order valence-corrected chi connectivity index (χ2v) is 5.31. The molecule has 0 spiro atoms. The van der Waals surface area contributed by atoms with Crippen LogP contribution in [0.2, 0.25) is 0 Å². The van der Waals surface area contributed by atoms with Crippen molar-refractivity contribution in [1.29, 1.82) is 0 Å². The lowest BCUT2D eigenvalue weighted by Crippen LogP contribution is -2.26. The highest BCUT2D eigenvalue weighted by Gasteiger charge is 2.25. The van der Waals surface area contributed by atoms with Gasteiger partial charge in [-0.2, -0.15) is 11.8 Å². The maximum absolute atomic E-state index is 6.19. The van der Waals surface area contributed by atoms with Crippen molar-refractivity contribution in [3.63, 3.8) is 0 Å². The van der Waals surface area contributed by atoms with Crippen LogP contribution >= 0.6 is 11.8 Å².